The molecule has 9 rings (SSSR count). The third kappa shape index (κ3) is 4.24. The van der Waals surface area contributed by atoms with Gasteiger partial charge >= 0.3 is 0 Å². The lowest BCUT2D eigenvalue weighted by atomic mass is 9.92. The van der Waals surface area contributed by atoms with Crippen LogP contribution in [0.3, 0.4) is 0 Å². The van der Waals surface area contributed by atoms with Gasteiger partial charge in [-0.15, -0.1) is 0 Å². The lowest BCUT2D eigenvalue weighted by Crippen LogP contribution is -2.02. The third-order valence-electron chi connectivity index (χ3n) is 9.63. The molecule has 0 radical (unpaired) electrons. The predicted molar refractivity (Wildman–Crippen MR) is 200 cm³/mol. The molecule has 0 saturated heterocycles. The van der Waals surface area contributed by atoms with Gasteiger partial charge in [-0.2, -0.15) is 15.8 Å². The topological polar surface area (TPSA) is 81.2 Å². The molecule has 5 nitrogen and oxygen atoms in total. The number of benzene rings is 7. The maximum atomic E-state index is 10.5. The Morgan fingerprint density at radius 1 is 0.400 bits per heavy atom. The summed E-state index contributed by atoms with van der Waals surface area (Å²) >= 11 is 0. The third-order valence-corrected chi connectivity index (χ3v) is 9.63. The first-order chi connectivity index (χ1) is 24.7. The molecule has 0 aliphatic rings. The molecule has 9 aromatic rings. The zero-order valence-corrected chi connectivity index (χ0v) is 26.7. The monoisotopic (exact) mass is 635 g/mol. The van der Waals surface area contributed by atoms with Gasteiger partial charge < -0.3 is 9.13 Å². The van der Waals surface area contributed by atoms with Crippen LogP contribution in [-0.2, 0) is 0 Å². The maximum Gasteiger partial charge on any atom is 0.101 e. The summed E-state index contributed by atoms with van der Waals surface area (Å²) in [4.78, 5) is 0. The molecule has 0 saturated carbocycles. The van der Waals surface area contributed by atoms with Crippen molar-refractivity contribution >= 4 is 43.6 Å². The Balaban J connectivity index is 1.30. The number of hydrogen-bond acceptors (Lipinski definition) is 3. The van der Waals surface area contributed by atoms with Crippen LogP contribution in [0.2, 0.25) is 0 Å². The minimum Gasteiger partial charge on any atom is -0.309 e. The van der Waals surface area contributed by atoms with Crippen LogP contribution in [0.15, 0.2) is 152 Å². The van der Waals surface area contributed by atoms with Gasteiger partial charge in [-0.05, 0) is 71.3 Å². The van der Waals surface area contributed by atoms with E-state index >= 15 is 0 Å². The van der Waals surface area contributed by atoms with Crippen molar-refractivity contribution in [1.29, 1.82) is 15.8 Å². The molecule has 0 spiro atoms. The van der Waals surface area contributed by atoms with Crippen molar-refractivity contribution in [2.75, 3.05) is 0 Å². The number of rotatable bonds is 4. The van der Waals surface area contributed by atoms with Crippen LogP contribution < -0.4 is 0 Å². The van der Waals surface area contributed by atoms with Crippen molar-refractivity contribution in [3.63, 3.8) is 0 Å². The average Bonchev–Trinajstić information content (AvgIpc) is 3.70. The van der Waals surface area contributed by atoms with Crippen LogP contribution in [0.5, 0.6) is 0 Å². The molecule has 0 bridgehead atoms. The Labute approximate surface area is 287 Å². The SMILES string of the molecule is N#Cc1ccc2c(c1)c1ccccc1n2-c1cccc(-c2ccccc2-c2cccc(C#N)c2-n2c3ccccc3c3cccc(C#N)c32)c1. The summed E-state index contributed by atoms with van der Waals surface area (Å²) < 4.78 is 4.35. The molecule has 0 aliphatic heterocycles. The first kappa shape index (κ1) is 28.8. The van der Waals surface area contributed by atoms with Crippen LogP contribution in [0.1, 0.15) is 16.7 Å². The van der Waals surface area contributed by atoms with Crippen molar-refractivity contribution in [3.05, 3.63) is 168 Å². The molecular weight excluding hydrogens is 611 g/mol. The van der Waals surface area contributed by atoms with Crippen LogP contribution in [0, 0.1) is 34.0 Å². The van der Waals surface area contributed by atoms with Gasteiger partial charge in [0.05, 0.1) is 50.5 Å². The zero-order chi connectivity index (χ0) is 33.8. The fourth-order valence-electron chi connectivity index (χ4n) is 7.54. The molecule has 2 heterocycles. The molecule has 0 unspecified atom stereocenters. The normalized spacial score (nSPS) is 11.1. The van der Waals surface area contributed by atoms with Crippen LogP contribution in [0.4, 0.5) is 0 Å². The van der Waals surface area contributed by atoms with E-state index in [4.69, 9.17) is 0 Å². The van der Waals surface area contributed by atoms with E-state index in [0.29, 0.717) is 16.7 Å². The Morgan fingerprint density at radius 3 is 1.78 bits per heavy atom. The summed E-state index contributed by atoms with van der Waals surface area (Å²) in [5, 5.41) is 34.5. The summed E-state index contributed by atoms with van der Waals surface area (Å²) in [6.45, 7) is 0. The second-order valence-corrected chi connectivity index (χ2v) is 12.3. The quantitative estimate of drug-likeness (QED) is 0.193. The maximum absolute atomic E-state index is 10.5. The minimum absolute atomic E-state index is 0.517. The molecule has 0 aliphatic carbocycles. The number of aromatic nitrogens is 2. The van der Waals surface area contributed by atoms with Crippen molar-refractivity contribution in [1.82, 2.24) is 9.13 Å². The van der Waals surface area contributed by atoms with Gasteiger partial charge in [0.15, 0.2) is 0 Å². The van der Waals surface area contributed by atoms with Crippen LogP contribution in [0.25, 0.3) is 77.2 Å². The highest BCUT2D eigenvalue weighted by Crippen LogP contribution is 2.42. The Bertz CT molecular complexity index is 2970. The van der Waals surface area contributed by atoms with Gasteiger partial charge in [0, 0.05) is 32.8 Å². The number of nitrogens with zero attached hydrogens (tertiary/aromatic N) is 5. The lowest BCUT2D eigenvalue weighted by Gasteiger charge is -2.19. The van der Waals surface area contributed by atoms with Gasteiger partial charge in [-0.1, -0.05) is 97.1 Å². The predicted octanol–water partition coefficient (Wildman–Crippen LogP) is 10.8. The fraction of sp³-hybridized carbons (Fsp3) is 0. The standard InChI is InChI=1S/C45H25N5/c46-26-29-22-23-43-40(24-29)37-17-4-5-20-41(37)49(43)33-13-7-10-30(25-33)34-14-1-2-15-35(34)38-18-8-11-31(27-47)44(38)50-42-21-6-3-16-36(42)39-19-9-12-32(28-48)45(39)50/h1-25H. The van der Waals surface area contributed by atoms with E-state index in [0.717, 1.165) is 77.2 Å². The largest absolute Gasteiger partial charge is 0.309 e. The molecule has 7 aromatic carbocycles. The summed E-state index contributed by atoms with van der Waals surface area (Å²) in [6.07, 6.45) is 0. The number of nitriles is 3. The Hall–Kier alpha value is -7.39. The summed E-state index contributed by atoms with van der Waals surface area (Å²) in [5.41, 5.74) is 11.1. The molecule has 230 valence electrons. The molecule has 0 N–H and O–H groups in total. The van der Waals surface area contributed by atoms with Crippen molar-refractivity contribution in [2.45, 2.75) is 0 Å². The highest BCUT2D eigenvalue weighted by molar-refractivity contribution is 6.12. The second kappa shape index (κ2) is 11.4. The van der Waals surface area contributed by atoms with E-state index in [1.807, 2.05) is 84.9 Å². The van der Waals surface area contributed by atoms with Gasteiger partial charge in [-0.3, -0.25) is 0 Å². The molecule has 5 heteroatoms. The van der Waals surface area contributed by atoms with E-state index in [2.05, 4.69) is 94.1 Å². The van der Waals surface area contributed by atoms with Gasteiger partial charge in [0.1, 0.15) is 12.1 Å². The summed E-state index contributed by atoms with van der Waals surface area (Å²) in [7, 11) is 0. The molecule has 2 aromatic heterocycles. The van der Waals surface area contributed by atoms with E-state index in [1.165, 1.54) is 0 Å². The smallest absolute Gasteiger partial charge is 0.101 e. The van der Waals surface area contributed by atoms with Crippen LogP contribution in [-0.4, -0.2) is 9.13 Å². The lowest BCUT2D eigenvalue weighted by molar-refractivity contribution is 1.16. The first-order valence-corrected chi connectivity index (χ1v) is 16.3. The fourth-order valence-corrected chi connectivity index (χ4v) is 7.54. The molecule has 0 fully saturated rings. The molecular formula is C45H25N5. The highest BCUT2D eigenvalue weighted by Gasteiger charge is 2.22. The van der Waals surface area contributed by atoms with Crippen molar-refractivity contribution in [2.24, 2.45) is 0 Å². The molecule has 50 heavy (non-hydrogen) atoms. The van der Waals surface area contributed by atoms with Crippen molar-refractivity contribution < 1.29 is 0 Å². The Kier molecular flexibility index (Phi) is 6.56. The van der Waals surface area contributed by atoms with Gasteiger partial charge in [0.25, 0.3) is 0 Å². The summed E-state index contributed by atoms with van der Waals surface area (Å²) in [5.74, 6) is 0. The number of hydrogen-bond donors (Lipinski definition) is 0. The van der Waals surface area contributed by atoms with Gasteiger partial charge in [-0.25, -0.2) is 0 Å². The van der Waals surface area contributed by atoms with Gasteiger partial charge in [0.2, 0.25) is 0 Å². The van der Waals surface area contributed by atoms with Crippen molar-refractivity contribution in [3.8, 4) is 51.8 Å². The minimum atomic E-state index is 0.517. The number of para-hydroxylation sites is 4. The average molecular weight is 636 g/mol. The van der Waals surface area contributed by atoms with E-state index < -0.39 is 0 Å². The van der Waals surface area contributed by atoms with E-state index in [1.54, 1.807) is 0 Å². The first-order valence-electron chi connectivity index (χ1n) is 16.3. The van der Waals surface area contributed by atoms with E-state index in [9.17, 15) is 15.8 Å². The molecule has 0 amide bonds. The number of fused-ring (bicyclic) bond motifs is 6. The summed E-state index contributed by atoms with van der Waals surface area (Å²) in [6, 6.07) is 57.8. The Morgan fingerprint density at radius 2 is 1.00 bits per heavy atom. The molecule has 0 atom stereocenters. The highest BCUT2D eigenvalue weighted by atomic mass is 15.0. The second-order valence-electron chi connectivity index (χ2n) is 12.3. The zero-order valence-electron chi connectivity index (χ0n) is 26.7. The van der Waals surface area contributed by atoms with Crippen LogP contribution >= 0.6 is 0 Å². The van der Waals surface area contributed by atoms with E-state index in [-0.39, 0.29) is 0 Å².